The van der Waals surface area contributed by atoms with E-state index in [-0.39, 0.29) is 33.2 Å². The summed E-state index contributed by atoms with van der Waals surface area (Å²) in [5.41, 5.74) is 1.44. The lowest BCUT2D eigenvalue weighted by Crippen LogP contribution is -2.25. The first-order valence-corrected chi connectivity index (χ1v) is 16.7. The molecule has 43 heavy (non-hydrogen) atoms. The molecule has 0 spiro atoms. The fraction of sp³-hybridized carbons (Fsp3) is 0.242. The third kappa shape index (κ3) is 7.51. The van der Waals surface area contributed by atoms with E-state index < -0.39 is 42.6 Å². The van der Waals surface area contributed by atoms with Gasteiger partial charge >= 0.3 is 0 Å². The van der Waals surface area contributed by atoms with E-state index >= 15 is 0 Å². The van der Waals surface area contributed by atoms with E-state index in [9.17, 15) is 31.8 Å². The van der Waals surface area contributed by atoms with Crippen molar-refractivity contribution in [1.82, 2.24) is 4.72 Å². The summed E-state index contributed by atoms with van der Waals surface area (Å²) >= 11 is 0. The van der Waals surface area contributed by atoms with Crippen molar-refractivity contribution in [3.63, 3.8) is 0 Å². The molecule has 4 aromatic rings. The number of hydrogen-bond acceptors (Lipinski definition) is 7. The zero-order chi connectivity index (χ0) is 31.4. The Morgan fingerprint density at radius 1 is 0.767 bits per heavy atom. The van der Waals surface area contributed by atoms with Gasteiger partial charge in [-0.25, -0.2) is 21.6 Å². The predicted molar refractivity (Wildman–Crippen MR) is 165 cm³/mol. The quantitative estimate of drug-likeness (QED) is 0.113. The van der Waals surface area contributed by atoms with Crippen molar-refractivity contribution in [2.24, 2.45) is 0 Å². The van der Waals surface area contributed by atoms with Gasteiger partial charge in [0.05, 0.1) is 20.2 Å². The van der Waals surface area contributed by atoms with Crippen LogP contribution in [0.2, 0.25) is 0 Å². The van der Waals surface area contributed by atoms with Crippen LogP contribution in [0.15, 0.2) is 106 Å². The number of hydrogen-bond donors (Lipinski definition) is 3. The first kappa shape index (κ1) is 31.9. The van der Waals surface area contributed by atoms with Crippen LogP contribution in [0.1, 0.15) is 54.2 Å². The molecule has 8 nitrogen and oxygen atoms in total. The standard InChI is InChI=1S/C33H35NO7S2/c1-33(2,3)28-13-7-8-14-31(28)42(38,39)25-17-15-24(16-18-25)20-29(35)27-21-26(22-30(36)32(27)37)43(40,41)34-19-9-12-23-10-5-4-6-11-23/h4-8,10-11,13-18,21-22,34,36-37H,9,12,19-20H2,1-3H3. The van der Waals surface area contributed by atoms with Gasteiger partial charge in [-0.3, -0.25) is 4.79 Å². The molecule has 0 radical (unpaired) electrons. The van der Waals surface area contributed by atoms with E-state index in [1.807, 2.05) is 51.1 Å². The Balaban J connectivity index is 1.50. The van der Waals surface area contributed by atoms with Gasteiger partial charge in [0.2, 0.25) is 19.9 Å². The zero-order valence-electron chi connectivity index (χ0n) is 24.2. The topological polar surface area (TPSA) is 138 Å². The number of sulfonamides is 1. The molecule has 0 atom stereocenters. The van der Waals surface area contributed by atoms with Crippen LogP contribution >= 0.6 is 0 Å². The molecule has 0 unspecified atom stereocenters. The predicted octanol–water partition coefficient (Wildman–Crippen LogP) is 5.56. The van der Waals surface area contributed by atoms with Crippen molar-refractivity contribution >= 4 is 25.6 Å². The highest BCUT2D eigenvalue weighted by Gasteiger charge is 2.27. The lowest BCUT2D eigenvalue weighted by atomic mass is 9.87. The average molecular weight is 622 g/mol. The Bertz CT molecular complexity index is 1830. The zero-order valence-corrected chi connectivity index (χ0v) is 25.9. The highest BCUT2D eigenvalue weighted by atomic mass is 32.2. The molecule has 0 saturated heterocycles. The monoisotopic (exact) mass is 621 g/mol. The number of aryl methyl sites for hydroxylation is 1. The highest BCUT2D eigenvalue weighted by molar-refractivity contribution is 7.91. The minimum absolute atomic E-state index is 0.0623. The first-order valence-electron chi connectivity index (χ1n) is 13.8. The summed E-state index contributed by atoms with van der Waals surface area (Å²) in [5, 5.41) is 20.6. The first-order chi connectivity index (χ1) is 20.2. The fourth-order valence-corrected chi connectivity index (χ4v) is 7.49. The van der Waals surface area contributed by atoms with Gasteiger partial charge in [-0.1, -0.05) is 81.4 Å². The Kier molecular flexibility index (Phi) is 9.44. The minimum atomic E-state index is -4.09. The lowest BCUT2D eigenvalue weighted by molar-refractivity contribution is 0.0989. The highest BCUT2D eigenvalue weighted by Crippen LogP contribution is 2.34. The number of benzene rings is 4. The number of carbonyl (C=O) groups excluding carboxylic acids is 1. The number of sulfone groups is 1. The third-order valence-electron chi connectivity index (χ3n) is 7.03. The second-order valence-corrected chi connectivity index (χ2v) is 15.0. The largest absolute Gasteiger partial charge is 0.504 e. The molecule has 10 heteroatoms. The fourth-order valence-electron chi connectivity index (χ4n) is 4.70. The van der Waals surface area contributed by atoms with Crippen LogP contribution in [-0.4, -0.2) is 39.4 Å². The molecule has 4 aromatic carbocycles. The van der Waals surface area contributed by atoms with Crippen LogP contribution in [0.4, 0.5) is 0 Å². The van der Waals surface area contributed by atoms with E-state index in [1.165, 1.54) is 24.3 Å². The Hall–Kier alpha value is -3.99. The Labute approximate surface area is 253 Å². The maximum Gasteiger partial charge on any atom is 0.240 e. The Morgan fingerprint density at radius 2 is 1.40 bits per heavy atom. The molecule has 0 saturated carbocycles. The molecule has 0 heterocycles. The smallest absolute Gasteiger partial charge is 0.240 e. The van der Waals surface area contributed by atoms with Gasteiger partial charge in [-0.2, -0.15) is 0 Å². The molecule has 4 rings (SSSR count). The maximum atomic E-state index is 13.4. The lowest BCUT2D eigenvalue weighted by Gasteiger charge is -2.22. The number of nitrogens with one attached hydrogen (secondary N) is 1. The van der Waals surface area contributed by atoms with Crippen LogP contribution in [0.3, 0.4) is 0 Å². The van der Waals surface area contributed by atoms with E-state index in [1.54, 1.807) is 24.3 Å². The normalized spacial score (nSPS) is 12.3. The second-order valence-electron chi connectivity index (χ2n) is 11.3. The molecule has 0 amide bonds. The van der Waals surface area contributed by atoms with Gasteiger partial charge in [-0.15, -0.1) is 0 Å². The summed E-state index contributed by atoms with van der Waals surface area (Å²) in [7, 11) is -7.93. The van der Waals surface area contributed by atoms with E-state index in [4.69, 9.17) is 0 Å². The SMILES string of the molecule is CC(C)(C)c1ccccc1S(=O)(=O)c1ccc(CC(=O)c2cc(S(=O)(=O)NCCCc3ccccc3)cc(O)c2O)cc1. The minimum Gasteiger partial charge on any atom is -0.504 e. The summed E-state index contributed by atoms with van der Waals surface area (Å²) in [6.07, 6.45) is 0.934. The number of Topliss-reactive ketones (excluding diaryl/α,β-unsaturated/α-hetero) is 1. The van der Waals surface area contributed by atoms with Crippen molar-refractivity contribution in [2.75, 3.05) is 6.54 Å². The third-order valence-corrected chi connectivity index (χ3v) is 10.3. The average Bonchev–Trinajstić information content (AvgIpc) is 2.97. The van der Waals surface area contributed by atoms with Crippen molar-refractivity contribution in [3.05, 3.63) is 113 Å². The molecule has 226 valence electrons. The molecular weight excluding hydrogens is 586 g/mol. The van der Waals surface area contributed by atoms with Crippen molar-refractivity contribution in [1.29, 1.82) is 0 Å². The van der Waals surface area contributed by atoms with Crippen LogP contribution < -0.4 is 4.72 Å². The van der Waals surface area contributed by atoms with Crippen LogP contribution in [0, 0.1) is 0 Å². The van der Waals surface area contributed by atoms with Crippen molar-refractivity contribution in [2.45, 2.75) is 60.1 Å². The van der Waals surface area contributed by atoms with Crippen LogP contribution in [-0.2, 0) is 38.1 Å². The Morgan fingerprint density at radius 3 is 2.05 bits per heavy atom. The van der Waals surface area contributed by atoms with Gasteiger partial charge in [0.1, 0.15) is 0 Å². The molecule has 0 aromatic heterocycles. The molecule has 0 aliphatic carbocycles. The van der Waals surface area contributed by atoms with Gasteiger partial charge in [0.25, 0.3) is 0 Å². The summed E-state index contributed by atoms with van der Waals surface area (Å²) < 4.78 is 55.2. The van der Waals surface area contributed by atoms with Gasteiger partial charge in [0, 0.05) is 19.0 Å². The van der Waals surface area contributed by atoms with Gasteiger partial charge in [-0.05, 0) is 59.2 Å². The van der Waals surface area contributed by atoms with Gasteiger partial charge in [0.15, 0.2) is 17.3 Å². The number of carbonyl (C=O) groups is 1. The van der Waals surface area contributed by atoms with Crippen molar-refractivity contribution < 1.29 is 31.8 Å². The number of ketones is 1. The summed E-state index contributed by atoms with van der Waals surface area (Å²) in [6, 6.07) is 24.2. The van der Waals surface area contributed by atoms with E-state index in [2.05, 4.69) is 4.72 Å². The summed E-state index contributed by atoms with van der Waals surface area (Å²) in [5.74, 6) is -2.12. The van der Waals surface area contributed by atoms with E-state index in [0.717, 1.165) is 17.7 Å². The molecular formula is C33H35NO7S2. The number of phenols is 2. The molecule has 0 bridgehead atoms. The second kappa shape index (κ2) is 12.7. The number of aromatic hydroxyl groups is 2. The van der Waals surface area contributed by atoms with E-state index in [0.29, 0.717) is 24.0 Å². The molecule has 0 fully saturated rings. The number of rotatable bonds is 11. The van der Waals surface area contributed by atoms with Crippen LogP contribution in [0.25, 0.3) is 0 Å². The van der Waals surface area contributed by atoms with Gasteiger partial charge < -0.3 is 10.2 Å². The number of phenolic OH excluding ortho intramolecular Hbond substituents is 2. The molecule has 0 aliphatic rings. The molecule has 0 aliphatic heterocycles. The summed E-state index contributed by atoms with van der Waals surface area (Å²) in [4.78, 5) is 13.0. The molecule has 3 N–H and O–H groups in total. The maximum absolute atomic E-state index is 13.4. The van der Waals surface area contributed by atoms with Crippen LogP contribution in [0.5, 0.6) is 11.5 Å². The van der Waals surface area contributed by atoms with Crippen molar-refractivity contribution in [3.8, 4) is 11.5 Å². The summed E-state index contributed by atoms with van der Waals surface area (Å²) in [6.45, 7) is 5.94.